The van der Waals surface area contributed by atoms with Crippen LogP contribution in [0.3, 0.4) is 0 Å². The molecule has 2 N–H and O–H groups in total. The Kier molecular flexibility index (Phi) is 4.82. The lowest BCUT2D eigenvalue weighted by atomic mass is 9.87. The number of aryl methyl sites for hydroxylation is 1. The van der Waals surface area contributed by atoms with Gasteiger partial charge >= 0.3 is 0 Å². The van der Waals surface area contributed by atoms with Crippen molar-refractivity contribution in [1.82, 2.24) is 9.88 Å². The van der Waals surface area contributed by atoms with Gasteiger partial charge in [0.15, 0.2) is 5.13 Å². The number of aromatic nitrogens is 1. The molecule has 144 valence electrons. The van der Waals surface area contributed by atoms with Crippen molar-refractivity contribution < 1.29 is 9.53 Å². The molecule has 1 spiro atoms. The van der Waals surface area contributed by atoms with Crippen molar-refractivity contribution in [2.45, 2.75) is 37.8 Å². The molecule has 1 amide bonds. The molecule has 0 unspecified atom stereocenters. The van der Waals surface area contributed by atoms with Gasteiger partial charge < -0.3 is 20.3 Å². The van der Waals surface area contributed by atoms with E-state index >= 15 is 0 Å². The zero-order chi connectivity index (χ0) is 19.0. The molecule has 7 heteroatoms. The summed E-state index contributed by atoms with van der Waals surface area (Å²) < 4.78 is 6.29. The Morgan fingerprint density at radius 2 is 2.04 bits per heavy atom. The highest BCUT2D eigenvalue weighted by Gasteiger charge is 2.44. The van der Waals surface area contributed by atoms with Gasteiger partial charge in [-0.15, -0.1) is 0 Å². The molecular formula is C20H26N4O2S. The van der Waals surface area contributed by atoms with Crippen LogP contribution < -0.4 is 10.6 Å². The van der Waals surface area contributed by atoms with Gasteiger partial charge in [-0.1, -0.05) is 29.5 Å². The Morgan fingerprint density at radius 1 is 1.33 bits per heavy atom. The van der Waals surface area contributed by atoms with E-state index in [2.05, 4.69) is 41.2 Å². The molecule has 0 saturated carbocycles. The predicted octanol–water partition coefficient (Wildman–Crippen LogP) is 2.93. The average molecular weight is 387 g/mol. The Balaban J connectivity index is 1.38. The first-order valence-electron chi connectivity index (χ1n) is 9.41. The normalized spacial score (nSPS) is 21.6. The van der Waals surface area contributed by atoms with E-state index in [4.69, 9.17) is 10.5 Å². The first-order valence-corrected chi connectivity index (χ1v) is 10.2. The number of anilines is 2. The second-order valence-corrected chi connectivity index (χ2v) is 8.59. The number of hydrogen-bond acceptors (Lipinski definition) is 6. The van der Waals surface area contributed by atoms with Gasteiger partial charge in [0.2, 0.25) is 0 Å². The molecule has 1 atom stereocenters. The fourth-order valence-corrected chi connectivity index (χ4v) is 4.97. The fourth-order valence-electron chi connectivity index (χ4n) is 4.17. The van der Waals surface area contributed by atoms with Crippen LogP contribution in [-0.4, -0.2) is 54.2 Å². The largest absolute Gasteiger partial charge is 0.375 e. The number of carbonyl (C=O) groups is 1. The van der Waals surface area contributed by atoms with Crippen molar-refractivity contribution in [2.75, 3.05) is 37.4 Å². The number of ether oxygens (including phenoxy) is 1. The zero-order valence-electron chi connectivity index (χ0n) is 15.9. The van der Waals surface area contributed by atoms with Gasteiger partial charge in [-0.25, -0.2) is 4.98 Å². The van der Waals surface area contributed by atoms with E-state index in [1.54, 1.807) is 0 Å². The van der Waals surface area contributed by atoms with Gasteiger partial charge in [0.1, 0.15) is 4.88 Å². The van der Waals surface area contributed by atoms with Crippen LogP contribution in [0, 0.1) is 6.92 Å². The van der Waals surface area contributed by atoms with Gasteiger partial charge in [-0.2, -0.15) is 0 Å². The Labute approximate surface area is 163 Å². The summed E-state index contributed by atoms with van der Waals surface area (Å²) in [4.78, 5) is 21.9. The highest BCUT2D eigenvalue weighted by atomic mass is 32.1. The SMILES string of the molecule is Cc1nc(N)sc1C(=O)N1CCC2(CC1)C[C@H](N(C)c1ccccc1)CO2. The van der Waals surface area contributed by atoms with Crippen LogP contribution in [0.4, 0.5) is 10.8 Å². The summed E-state index contributed by atoms with van der Waals surface area (Å²) in [6.07, 6.45) is 2.77. The number of nitrogen functional groups attached to an aromatic ring is 1. The average Bonchev–Trinajstić information content (AvgIpc) is 3.25. The molecule has 2 aliphatic heterocycles. The second-order valence-electron chi connectivity index (χ2n) is 7.56. The summed E-state index contributed by atoms with van der Waals surface area (Å²) in [7, 11) is 2.14. The number of nitrogens with two attached hydrogens (primary N) is 1. The van der Waals surface area contributed by atoms with Crippen molar-refractivity contribution in [3.05, 3.63) is 40.9 Å². The molecule has 1 aromatic carbocycles. The van der Waals surface area contributed by atoms with E-state index in [1.165, 1.54) is 17.0 Å². The van der Waals surface area contributed by atoms with E-state index < -0.39 is 0 Å². The number of likely N-dealkylation sites (N-methyl/N-ethyl adjacent to an activating group) is 1. The van der Waals surface area contributed by atoms with E-state index in [1.807, 2.05) is 17.9 Å². The van der Waals surface area contributed by atoms with Crippen molar-refractivity contribution in [3.63, 3.8) is 0 Å². The summed E-state index contributed by atoms with van der Waals surface area (Å²) in [5, 5.41) is 0.454. The van der Waals surface area contributed by atoms with Gasteiger partial charge in [0, 0.05) is 25.8 Å². The van der Waals surface area contributed by atoms with Gasteiger partial charge in [0.05, 0.1) is 23.9 Å². The van der Waals surface area contributed by atoms with Gasteiger partial charge in [-0.3, -0.25) is 4.79 Å². The maximum absolute atomic E-state index is 12.8. The summed E-state index contributed by atoms with van der Waals surface area (Å²) in [6.45, 7) is 4.02. The first kappa shape index (κ1) is 18.3. The molecule has 1 aromatic heterocycles. The van der Waals surface area contributed by atoms with Crippen LogP contribution in [0.2, 0.25) is 0 Å². The molecule has 0 bridgehead atoms. The number of thiazole rings is 1. The molecule has 3 heterocycles. The lowest BCUT2D eigenvalue weighted by Gasteiger charge is -2.39. The Bertz CT molecular complexity index is 815. The van der Waals surface area contributed by atoms with Crippen molar-refractivity contribution >= 4 is 28.1 Å². The molecule has 0 radical (unpaired) electrons. The number of para-hydroxylation sites is 1. The van der Waals surface area contributed by atoms with Crippen molar-refractivity contribution in [1.29, 1.82) is 0 Å². The van der Waals surface area contributed by atoms with Crippen molar-refractivity contribution in [3.8, 4) is 0 Å². The predicted molar refractivity (Wildman–Crippen MR) is 108 cm³/mol. The number of rotatable bonds is 3. The maximum Gasteiger partial charge on any atom is 0.265 e. The number of carbonyl (C=O) groups excluding carboxylic acids is 1. The summed E-state index contributed by atoms with van der Waals surface area (Å²) >= 11 is 1.28. The molecule has 0 aliphatic carbocycles. The third kappa shape index (κ3) is 3.53. The Hall–Kier alpha value is -2.12. The minimum atomic E-state index is -0.105. The third-order valence-electron chi connectivity index (χ3n) is 5.87. The molecule has 6 nitrogen and oxygen atoms in total. The molecular weight excluding hydrogens is 360 g/mol. The number of benzene rings is 1. The van der Waals surface area contributed by atoms with Crippen LogP contribution in [0.5, 0.6) is 0 Å². The minimum absolute atomic E-state index is 0.0486. The van der Waals surface area contributed by atoms with Crippen LogP contribution in [-0.2, 0) is 4.74 Å². The van der Waals surface area contributed by atoms with E-state index in [9.17, 15) is 4.79 Å². The number of piperidine rings is 1. The Morgan fingerprint density at radius 3 is 2.67 bits per heavy atom. The van der Waals surface area contributed by atoms with Crippen LogP contribution in [0.15, 0.2) is 30.3 Å². The standard InChI is InChI=1S/C20H26N4O2S/c1-14-17(27-19(21)22-14)18(25)24-10-8-20(9-11-24)12-16(13-26-20)23(2)15-6-4-3-5-7-15/h3-7,16H,8-13H2,1-2H3,(H2,21,22)/t16-/m0/s1. The smallest absolute Gasteiger partial charge is 0.265 e. The second kappa shape index (κ2) is 7.13. The van der Waals surface area contributed by atoms with Crippen LogP contribution in [0.1, 0.15) is 34.6 Å². The number of amides is 1. The number of nitrogens with zero attached hydrogens (tertiary/aromatic N) is 3. The summed E-state index contributed by atoms with van der Waals surface area (Å²) in [5.74, 6) is 0.0486. The lowest BCUT2D eigenvalue weighted by Crippen LogP contribution is -2.47. The highest BCUT2D eigenvalue weighted by Crippen LogP contribution is 2.39. The quantitative estimate of drug-likeness (QED) is 0.878. The third-order valence-corrected chi connectivity index (χ3v) is 6.84. The number of likely N-dealkylation sites (tertiary alicyclic amines) is 1. The molecule has 2 fully saturated rings. The van der Waals surface area contributed by atoms with Crippen molar-refractivity contribution in [2.24, 2.45) is 0 Å². The van der Waals surface area contributed by atoms with E-state index in [0.29, 0.717) is 16.1 Å². The van der Waals surface area contributed by atoms with Gasteiger partial charge in [-0.05, 0) is 38.3 Å². The summed E-state index contributed by atoms with van der Waals surface area (Å²) in [6, 6.07) is 10.8. The van der Waals surface area contributed by atoms with Gasteiger partial charge in [0.25, 0.3) is 5.91 Å². The molecule has 27 heavy (non-hydrogen) atoms. The van der Waals surface area contributed by atoms with Crippen LogP contribution in [0.25, 0.3) is 0 Å². The monoisotopic (exact) mass is 386 g/mol. The highest BCUT2D eigenvalue weighted by molar-refractivity contribution is 7.17. The zero-order valence-corrected chi connectivity index (χ0v) is 16.7. The molecule has 2 aromatic rings. The van der Waals surface area contributed by atoms with E-state index in [0.717, 1.165) is 44.7 Å². The number of hydrogen-bond donors (Lipinski definition) is 1. The molecule has 4 rings (SSSR count). The fraction of sp³-hybridized carbons (Fsp3) is 0.500. The minimum Gasteiger partial charge on any atom is -0.375 e. The van der Waals surface area contributed by atoms with Crippen LogP contribution >= 0.6 is 11.3 Å². The van der Waals surface area contributed by atoms with E-state index in [-0.39, 0.29) is 11.5 Å². The maximum atomic E-state index is 12.8. The first-order chi connectivity index (χ1) is 13.0. The molecule has 2 aliphatic rings. The molecule has 2 saturated heterocycles. The summed E-state index contributed by atoms with van der Waals surface area (Å²) in [5.41, 5.74) is 7.58. The topological polar surface area (TPSA) is 71.7 Å². The lowest BCUT2D eigenvalue weighted by molar-refractivity contribution is -0.0388.